The first-order chi connectivity index (χ1) is 9.96. The summed E-state index contributed by atoms with van der Waals surface area (Å²) in [6.07, 6.45) is 2.10. The van der Waals surface area contributed by atoms with Gasteiger partial charge in [0.25, 0.3) is 0 Å². The van der Waals surface area contributed by atoms with Gasteiger partial charge in [0.05, 0.1) is 0 Å². The molecule has 3 N–H and O–H groups in total. The molecule has 0 saturated heterocycles. The van der Waals surface area contributed by atoms with Crippen molar-refractivity contribution in [2.75, 3.05) is 0 Å². The van der Waals surface area contributed by atoms with Crippen LogP contribution in [0.25, 0.3) is 0 Å². The summed E-state index contributed by atoms with van der Waals surface area (Å²) in [4.78, 5) is 34.0. The fourth-order valence-electron chi connectivity index (χ4n) is 1.74. The highest BCUT2D eigenvalue weighted by molar-refractivity contribution is 5.89. The molecule has 2 amide bonds. The summed E-state index contributed by atoms with van der Waals surface area (Å²) in [5, 5.41) is 14.2. The summed E-state index contributed by atoms with van der Waals surface area (Å²) in [5.74, 6) is -0.711. The van der Waals surface area contributed by atoms with Gasteiger partial charge >= 0.3 is 0 Å². The van der Waals surface area contributed by atoms with Crippen LogP contribution in [0, 0.1) is 0 Å². The molecular weight excluding hydrogens is 272 g/mol. The molecular formula is C15H18N2O4. The number of phenols is 1. The molecule has 0 saturated carbocycles. The van der Waals surface area contributed by atoms with E-state index in [-0.39, 0.29) is 18.1 Å². The Balaban J connectivity index is 2.81. The molecule has 0 fully saturated rings. The van der Waals surface area contributed by atoms with E-state index in [4.69, 9.17) is 0 Å². The first kappa shape index (κ1) is 16.4. The van der Waals surface area contributed by atoms with Gasteiger partial charge in [-0.3, -0.25) is 9.59 Å². The van der Waals surface area contributed by atoms with Crippen molar-refractivity contribution < 1.29 is 19.5 Å². The largest absolute Gasteiger partial charge is 0.508 e. The average molecular weight is 290 g/mol. The van der Waals surface area contributed by atoms with Gasteiger partial charge in [-0.1, -0.05) is 18.2 Å². The minimum Gasteiger partial charge on any atom is -0.508 e. The fraction of sp³-hybridized carbons (Fsp3) is 0.267. The van der Waals surface area contributed by atoms with E-state index in [0.717, 1.165) is 5.56 Å². The van der Waals surface area contributed by atoms with Gasteiger partial charge in [-0.2, -0.15) is 0 Å². The third-order valence-corrected chi connectivity index (χ3v) is 2.78. The molecule has 0 aliphatic carbocycles. The van der Waals surface area contributed by atoms with Crippen LogP contribution in [0.3, 0.4) is 0 Å². The Bertz CT molecular complexity index is 517. The highest BCUT2D eigenvalue weighted by Crippen LogP contribution is 2.11. The van der Waals surface area contributed by atoms with Crippen LogP contribution in [0.4, 0.5) is 0 Å². The zero-order valence-corrected chi connectivity index (χ0v) is 11.7. The van der Waals surface area contributed by atoms with Gasteiger partial charge in [-0.25, -0.2) is 0 Å². The van der Waals surface area contributed by atoms with E-state index in [2.05, 4.69) is 17.2 Å². The third kappa shape index (κ3) is 5.48. The maximum absolute atomic E-state index is 12.1. The van der Waals surface area contributed by atoms with Crippen molar-refractivity contribution in [3.05, 3.63) is 42.5 Å². The normalized spacial score (nSPS) is 12.8. The number of rotatable bonds is 7. The predicted molar refractivity (Wildman–Crippen MR) is 77.6 cm³/mol. The van der Waals surface area contributed by atoms with Gasteiger partial charge in [0.2, 0.25) is 11.8 Å². The number of nitrogens with one attached hydrogen (secondary N) is 2. The number of hydrogen-bond acceptors (Lipinski definition) is 4. The van der Waals surface area contributed by atoms with Crippen LogP contribution < -0.4 is 10.6 Å². The number of benzene rings is 1. The molecule has 0 radical (unpaired) electrons. The van der Waals surface area contributed by atoms with E-state index in [0.29, 0.717) is 6.29 Å². The molecule has 21 heavy (non-hydrogen) atoms. The second-order valence-corrected chi connectivity index (χ2v) is 4.53. The van der Waals surface area contributed by atoms with E-state index in [1.54, 1.807) is 12.1 Å². The van der Waals surface area contributed by atoms with Crippen molar-refractivity contribution in [1.82, 2.24) is 10.6 Å². The van der Waals surface area contributed by atoms with E-state index in [1.807, 2.05) is 0 Å². The van der Waals surface area contributed by atoms with Gasteiger partial charge in [0.15, 0.2) is 0 Å². The predicted octanol–water partition coefficient (Wildman–Crippen LogP) is 0.309. The standard InChI is InChI=1S/C15H18N2O4/c1-3-12(9-18)17-15(21)14(16-10(2)19)8-11-4-6-13(20)7-5-11/h3-7,9,12,14,20H,1,8H2,2H3,(H,16,19)(H,17,21)/t12-,14-/m0/s1. The van der Waals surface area contributed by atoms with Crippen molar-refractivity contribution in [2.45, 2.75) is 25.4 Å². The number of carbonyl (C=O) groups excluding carboxylic acids is 3. The summed E-state index contributed by atoms with van der Waals surface area (Å²) in [6, 6.07) is 4.69. The minimum atomic E-state index is -0.811. The monoisotopic (exact) mass is 290 g/mol. The first-order valence-corrected chi connectivity index (χ1v) is 6.39. The van der Waals surface area contributed by atoms with Crippen molar-refractivity contribution in [2.24, 2.45) is 0 Å². The zero-order valence-electron chi connectivity index (χ0n) is 11.7. The molecule has 0 bridgehead atoms. The number of amides is 2. The SMILES string of the molecule is C=C[C@@H](C=O)NC(=O)[C@H](Cc1ccc(O)cc1)NC(C)=O. The molecule has 112 valence electrons. The van der Waals surface area contributed by atoms with Crippen LogP contribution in [0.1, 0.15) is 12.5 Å². The third-order valence-electron chi connectivity index (χ3n) is 2.78. The molecule has 0 aliphatic rings. The Kier molecular flexibility index (Phi) is 6.13. The van der Waals surface area contributed by atoms with Gasteiger partial charge in [-0.05, 0) is 17.7 Å². The molecule has 0 unspecified atom stereocenters. The lowest BCUT2D eigenvalue weighted by atomic mass is 10.0. The van der Waals surface area contributed by atoms with Gasteiger partial charge in [0.1, 0.15) is 24.1 Å². The van der Waals surface area contributed by atoms with Crippen LogP contribution in [0.2, 0.25) is 0 Å². The number of hydrogen-bond donors (Lipinski definition) is 3. The van der Waals surface area contributed by atoms with Crippen LogP contribution in [-0.4, -0.2) is 35.3 Å². The molecule has 6 heteroatoms. The van der Waals surface area contributed by atoms with E-state index < -0.39 is 18.0 Å². The van der Waals surface area contributed by atoms with Crippen LogP contribution >= 0.6 is 0 Å². The Morgan fingerprint density at radius 3 is 2.38 bits per heavy atom. The smallest absolute Gasteiger partial charge is 0.243 e. The maximum Gasteiger partial charge on any atom is 0.243 e. The zero-order chi connectivity index (χ0) is 15.8. The van der Waals surface area contributed by atoms with Crippen molar-refractivity contribution in [3.8, 4) is 5.75 Å². The molecule has 1 aromatic carbocycles. The lowest BCUT2D eigenvalue weighted by Crippen LogP contribution is -2.50. The Morgan fingerprint density at radius 1 is 1.29 bits per heavy atom. The molecule has 6 nitrogen and oxygen atoms in total. The Labute approximate surface area is 122 Å². The molecule has 0 aromatic heterocycles. The first-order valence-electron chi connectivity index (χ1n) is 6.39. The molecule has 2 atom stereocenters. The lowest BCUT2D eigenvalue weighted by Gasteiger charge is -2.19. The Morgan fingerprint density at radius 2 is 1.90 bits per heavy atom. The minimum absolute atomic E-state index is 0.118. The number of phenolic OH excluding ortho intramolecular Hbond substituents is 1. The summed E-state index contributed by atoms with van der Waals surface area (Å²) in [6.45, 7) is 4.75. The summed E-state index contributed by atoms with van der Waals surface area (Å²) < 4.78 is 0. The van der Waals surface area contributed by atoms with Gasteiger partial charge < -0.3 is 20.5 Å². The molecule has 1 rings (SSSR count). The van der Waals surface area contributed by atoms with Crippen molar-refractivity contribution in [3.63, 3.8) is 0 Å². The highest BCUT2D eigenvalue weighted by Gasteiger charge is 2.21. The lowest BCUT2D eigenvalue weighted by molar-refractivity contribution is -0.129. The molecule has 1 aromatic rings. The Hall–Kier alpha value is -2.63. The fourth-order valence-corrected chi connectivity index (χ4v) is 1.74. The molecule has 0 aliphatic heterocycles. The number of aromatic hydroxyl groups is 1. The van der Waals surface area contributed by atoms with Gasteiger partial charge in [-0.15, -0.1) is 6.58 Å². The van der Waals surface area contributed by atoms with Crippen LogP contribution in [-0.2, 0) is 20.8 Å². The van der Waals surface area contributed by atoms with Crippen molar-refractivity contribution >= 4 is 18.1 Å². The van der Waals surface area contributed by atoms with E-state index >= 15 is 0 Å². The summed E-state index contributed by atoms with van der Waals surface area (Å²) in [7, 11) is 0. The van der Waals surface area contributed by atoms with Crippen LogP contribution in [0.5, 0.6) is 5.75 Å². The molecule has 0 heterocycles. The average Bonchev–Trinajstić information content (AvgIpc) is 2.45. The number of aldehydes is 1. The quantitative estimate of drug-likeness (QED) is 0.497. The van der Waals surface area contributed by atoms with Crippen LogP contribution in [0.15, 0.2) is 36.9 Å². The van der Waals surface area contributed by atoms with E-state index in [9.17, 15) is 19.5 Å². The highest BCUT2D eigenvalue weighted by atomic mass is 16.3. The second-order valence-electron chi connectivity index (χ2n) is 4.53. The second kappa shape index (κ2) is 7.84. The van der Waals surface area contributed by atoms with Crippen molar-refractivity contribution in [1.29, 1.82) is 0 Å². The van der Waals surface area contributed by atoms with E-state index in [1.165, 1.54) is 25.1 Å². The molecule has 0 spiro atoms. The van der Waals surface area contributed by atoms with Gasteiger partial charge in [0, 0.05) is 13.3 Å². The topological polar surface area (TPSA) is 95.5 Å². The maximum atomic E-state index is 12.1. The number of carbonyl (C=O) groups is 3. The summed E-state index contributed by atoms with van der Waals surface area (Å²) >= 11 is 0. The summed E-state index contributed by atoms with van der Waals surface area (Å²) in [5.41, 5.74) is 0.767.